The Labute approximate surface area is 166 Å². The fourth-order valence-corrected chi connectivity index (χ4v) is 4.06. The van der Waals surface area contributed by atoms with Crippen molar-refractivity contribution in [2.24, 2.45) is 10.9 Å². The lowest BCUT2D eigenvalue weighted by atomic mass is 9.85. The van der Waals surface area contributed by atoms with Crippen molar-refractivity contribution < 1.29 is 4.79 Å². The molecule has 1 aliphatic heterocycles. The Morgan fingerprint density at radius 1 is 1.26 bits per heavy atom. The van der Waals surface area contributed by atoms with E-state index in [2.05, 4.69) is 34.5 Å². The van der Waals surface area contributed by atoms with Crippen LogP contribution in [0.1, 0.15) is 62.0 Å². The minimum atomic E-state index is -0.0720. The first-order chi connectivity index (χ1) is 13.0. The molecule has 1 aromatic rings. The van der Waals surface area contributed by atoms with Crippen LogP contribution in [-0.2, 0) is 0 Å². The quantitative estimate of drug-likeness (QED) is 0.799. The number of halogens is 1. The number of aliphatic imine (C=N–C) groups is 1. The topological polar surface area (TPSA) is 66.4 Å². The van der Waals surface area contributed by atoms with Crippen LogP contribution in [0.4, 0.5) is 0 Å². The highest BCUT2D eigenvalue weighted by molar-refractivity contribution is 6.30. The molecule has 0 saturated heterocycles. The van der Waals surface area contributed by atoms with Crippen LogP contribution in [-0.4, -0.2) is 35.9 Å². The van der Waals surface area contributed by atoms with Crippen LogP contribution in [0.25, 0.3) is 0 Å². The first kappa shape index (κ1) is 19.9. The van der Waals surface area contributed by atoms with Gasteiger partial charge in [-0.25, -0.2) is 0 Å². The lowest BCUT2D eigenvalue weighted by molar-refractivity contribution is 0.0921. The van der Waals surface area contributed by atoms with Gasteiger partial charge in [0.1, 0.15) is 5.84 Å². The van der Waals surface area contributed by atoms with E-state index in [4.69, 9.17) is 11.6 Å². The van der Waals surface area contributed by atoms with Gasteiger partial charge in [0.2, 0.25) is 0 Å². The second-order valence-corrected chi connectivity index (χ2v) is 8.04. The van der Waals surface area contributed by atoms with Crippen molar-refractivity contribution in [2.45, 2.75) is 58.9 Å². The number of hydrogen-bond donors (Lipinski definition) is 2. The number of amidine groups is 1. The molecule has 0 unspecified atom stereocenters. The van der Waals surface area contributed by atoms with Crippen LogP contribution >= 0.6 is 11.6 Å². The summed E-state index contributed by atoms with van der Waals surface area (Å²) in [6.45, 7) is 8.00. The van der Waals surface area contributed by atoms with Gasteiger partial charge in [-0.15, -0.1) is 0 Å². The van der Waals surface area contributed by atoms with E-state index < -0.39 is 0 Å². The monoisotopic (exact) mass is 388 g/mol. The normalized spacial score (nSPS) is 22.6. The van der Waals surface area contributed by atoms with Gasteiger partial charge >= 0.3 is 0 Å². The third-order valence-electron chi connectivity index (χ3n) is 5.78. The van der Waals surface area contributed by atoms with Crippen LogP contribution < -0.4 is 10.6 Å². The fraction of sp³-hybridized carbons (Fsp3) is 0.571. The summed E-state index contributed by atoms with van der Waals surface area (Å²) in [5.41, 5.74) is 4.04. The van der Waals surface area contributed by atoms with Crippen molar-refractivity contribution in [1.29, 1.82) is 0 Å². The molecule has 1 amide bonds. The first-order valence-corrected chi connectivity index (χ1v) is 10.3. The second-order valence-electron chi connectivity index (χ2n) is 7.61. The molecule has 27 heavy (non-hydrogen) atoms. The van der Waals surface area contributed by atoms with Gasteiger partial charge in [-0.1, -0.05) is 18.5 Å². The zero-order valence-corrected chi connectivity index (χ0v) is 17.2. The predicted molar refractivity (Wildman–Crippen MR) is 110 cm³/mol. The van der Waals surface area contributed by atoms with E-state index in [-0.39, 0.29) is 11.9 Å². The van der Waals surface area contributed by atoms with Crippen molar-refractivity contribution in [3.05, 3.63) is 39.7 Å². The van der Waals surface area contributed by atoms with Gasteiger partial charge in [0.15, 0.2) is 0 Å². The summed E-state index contributed by atoms with van der Waals surface area (Å²) in [5.74, 6) is 1.64. The van der Waals surface area contributed by atoms with E-state index in [1.165, 1.54) is 11.1 Å². The number of nitrogens with zero attached hydrogens (tertiary/aromatic N) is 2. The number of rotatable bonds is 5. The number of amides is 1. The minimum absolute atomic E-state index is 0.0720. The molecule has 2 heterocycles. The van der Waals surface area contributed by atoms with Gasteiger partial charge in [0.05, 0.1) is 22.8 Å². The molecule has 0 bridgehead atoms. The molecule has 1 aromatic heterocycles. The fourth-order valence-electron chi connectivity index (χ4n) is 3.90. The SMILES string of the molecule is CCC1=C(C)C(NCC2CCC(NC(=O)c3cc(Cl)cnc3C)CC2)=NC1. The number of hydrogen-bond acceptors (Lipinski definition) is 4. The van der Waals surface area contributed by atoms with Crippen molar-refractivity contribution in [1.82, 2.24) is 15.6 Å². The molecule has 6 heteroatoms. The molecule has 146 valence electrons. The lowest BCUT2D eigenvalue weighted by Gasteiger charge is -2.29. The highest BCUT2D eigenvalue weighted by atomic mass is 35.5. The first-order valence-electron chi connectivity index (χ1n) is 9.88. The number of aryl methyl sites for hydroxylation is 1. The van der Waals surface area contributed by atoms with Gasteiger partial charge < -0.3 is 10.6 Å². The molecule has 5 nitrogen and oxygen atoms in total. The Hall–Kier alpha value is -1.88. The number of carbonyl (C=O) groups excluding carboxylic acids is 1. The molecule has 1 fully saturated rings. The standard InChI is InChI=1S/C21H29ClN4O/c1-4-16-11-25-20(13(16)2)24-10-15-5-7-18(8-6-15)26-21(27)19-9-17(22)12-23-14(19)3/h9,12,15,18H,4-8,10-11H2,1-3H3,(H,24,25)(H,26,27). The molecule has 0 spiro atoms. The molecular formula is C21H29ClN4O. The second kappa shape index (κ2) is 8.87. The van der Waals surface area contributed by atoms with E-state index in [9.17, 15) is 4.79 Å². The zero-order valence-electron chi connectivity index (χ0n) is 16.4. The molecule has 2 N–H and O–H groups in total. The van der Waals surface area contributed by atoms with Crippen LogP contribution in [0.5, 0.6) is 0 Å². The Morgan fingerprint density at radius 3 is 2.67 bits per heavy atom. The molecule has 0 radical (unpaired) electrons. The third-order valence-corrected chi connectivity index (χ3v) is 5.99. The van der Waals surface area contributed by atoms with E-state index >= 15 is 0 Å². The average Bonchev–Trinajstić information content (AvgIpc) is 3.02. The van der Waals surface area contributed by atoms with Crippen LogP contribution in [0.3, 0.4) is 0 Å². The van der Waals surface area contributed by atoms with E-state index in [0.29, 0.717) is 22.2 Å². The summed E-state index contributed by atoms with van der Waals surface area (Å²) in [6.07, 6.45) is 6.88. The van der Waals surface area contributed by atoms with Crippen molar-refractivity contribution in [3.63, 3.8) is 0 Å². The van der Waals surface area contributed by atoms with Gasteiger partial charge in [0.25, 0.3) is 5.91 Å². The molecular weight excluding hydrogens is 360 g/mol. The summed E-state index contributed by atoms with van der Waals surface area (Å²) in [6, 6.07) is 1.92. The minimum Gasteiger partial charge on any atom is -0.370 e. The van der Waals surface area contributed by atoms with Gasteiger partial charge in [-0.2, -0.15) is 0 Å². The van der Waals surface area contributed by atoms with E-state index in [0.717, 1.165) is 51.0 Å². The van der Waals surface area contributed by atoms with Gasteiger partial charge in [-0.3, -0.25) is 14.8 Å². The van der Waals surface area contributed by atoms with Crippen LogP contribution in [0.15, 0.2) is 28.4 Å². The summed E-state index contributed by atoms with van der Waals surface area (Å²) in [5, 5.41) is 7.19. The van der Waals surface area contributed by atoms with Gasteiger partial charge in [0, 0.05) is 18.8 Å². The number of pyridine rings is 1. The van der Waals surface area contributed by atoms with Crippen molar-refractivity contribution in [3.8, 4) is 0 Å². The summed E-state index contributed by atoms with van der Waals surface area (Å²) in [7, 11) is 0. The molecule has 0 atom stereocenters. The molecule has 0 aromatic carbocycles. The number of aromatic nitrogens is 1. The third kappa shape index (κ3) is 4.89. The Bertz CT molecular complexity index is 763. The van der Waals surface area contributed by atoms with E-state index in [1.54, 1.807) is 12.3 Å². The summed E-state index contributed by atoms with van der Waals surface area (Å²) in [4.78, 5) is 21.3. The largest absolute Gasteiger partial charge is 0.370 e. The van der Waals surface area contributed by atoms with E-state index in [1.807, 2.05) is 6.92 Å². The van der Waals surface area contributed by atoms with Gasteiger partial charge in [-0.05, 0) is 69.1 Å². The maximum absolute atomic E-state index is 12.5. The molecule has 1 aliphatic carbocycles. The lowest BCUT2D eigenvalue weighted by Crippen LogP contribution is -2.40. The number of nitrogens with one attached hydrogen (secondary N) is 2. The smallest absolute Gasteiger partial charge is 0.253 e. The summed E-state index contributed by atoms with van der Waals surface area (Å²) < 4.78 is 0. The van der Waals surface area contributed by atoms with Crippen LogP contribution in [0.2, 0.25) is 5.02 Å². The maximum atomic E-state index is 12.5. The van der Waals surface area contributed by atoms with Crippen molar-refractivity contribution in [2.75, 3.05) is 13.1 Å². The number of carbonyl (C=O) groups is 1. The Morgan fingerprint density at radius 2 is 2.00 bits per heavy atom. The molecule has 2 aliphatic rings. The average molecular weight is 389 g/mol. The highest BCUT2D eigenvalue weighted by Gasteiger charge is 2.24. The Balaban J connectivity index is 1.45. The summed E-state index contributed by atoms with van der Waals surface area (Å²) >= 11 is 5.98. The predicted octanol–water partition coefficient (Wildman–Crippen LogP) is 4.06. The highest BCUT2D eigenvalue weighted by Crippen LogP contribution is 2.25. The maximum Gasteiger partial charge on any atom is 0.253 e. The Kier molecular flexibility index (Phi) is 6.53. The zero-order chi connectivity index (χ0) is 19.4. The van der Waals surface area contributed by atoms with Crippen molar-refractivity contribution >= 4 is 23.3 Å². The molecule has 1 saturated carbocycles. The van der Waals surface area contributed by atoms with Crippen LogP contribution in [0, 0.1) is 12.8 Å². The molecule has 3 rings (SSSR count).